The number of hydrogen-bond donors (Lipinski definition) is 0. The lowest BCUT2D eigenvalue weighted by Crippen LogP contribution is -2.35. The van der Waals surface area contributed by atoms with Gasteiger partial charge < -0.3 is 4.18 Å². The fourth-order valence-corrected chi connectivity index (χ4v) is 3.77. The van der Waals surface area contributed by atoms with E-state index in [9.17, 15) is 30.4 Å². The summed E-state index contributed by atoms with van der Waals surface area (Å²) in [6.07, 6.45) is -5.30. The lowest BCUT2D eigenvalue weighted by molar-refractivity contribution is -0.181. The summed E-state index contributed by atoms with van der Waals surface area (Å²) >= 11 is 0. The van der Waals surface area contributed by atoms with Crippen LogP contribution in [0.25, 0.3) is 0 Å². The van der Waals surface area contributed by atoms with E-state index in [1.807, 2.05) is 0 Å². The van der Waals surface area contributed by atoms with Gasteiger partial charge in [0.25, 0.3) is 0 Å². The molecule has 0 bridgehead atoms. The van der Waals surface area contributed by atoms with Crippen molar-refractivity contribution in [1.29, 1.82) is 0 Å². The van der Waals surface area contributed by atoms with Crippen molar-refractivity contribution >= 4 is 10.1 Å². The molecule has 2 rings (SSSR count). The minimum atomic E-state index is -4.34. The van der Waals surface area contributed by atoms with Gasteiger partial charge in [-0.25, -0.2) is 8.78 Å². The maximum absolute atomic E-state index is 13.0. The van der Waals surface area contributed by atoms with Gasteiger partial charge in [0.15, 0.2) is 11.6 Å². The van der Waals surface area contributed by atoms with Crippen molar-refractivity contribution in [2.45, 2.75) is 37.1 Å². The summed E-state index contributed by atoms with van der Waals surface area (Å²) in [6, 6.07) is 2.23. The Hall–Kier alpha value is -1.38. The second kappa shape index (κ2) is 6.02. The van der Waals surface area contributed by atoms with Crippen LogP contribution in [0, 0.1) is 17.6 Å². The molecule has 0 spiro atoms. The molecular weight excluding hydrogens is 331 g/mol. The molecule has 0 atom stereocenters. The third-order valence-corrected chi connectivity index (χ3v) is 5.36. The molecule has 0 aliphatic heterocycles. The molecule has 1 aromatic rings. The van der Waals surface area contributed by atoms with E-state index in [1.165, 1.54) is 0 Å². The fraction of sp³-hybridized carbons (Fsp3) is 0.538. The average molecular weight is 344 g/mol. The normalized spacial score (nSPS) is 23.3. The van der Waals surface area contributed by atoms with Crippen LogP contribution in [0.2, 0.25) is 0 Å². The summed E-state index contributed by atoms with van der Waals surface area (Å²) in [5.74, 6) is -4.34. The molecule has 0 saturated heterocycles. The van der Waals surface area contributed by atoms with E-state index >= 15 is 0 Å². The summed E-state index contributed by atoms with van der Waals surface area (Å²) in [4.78, 5) is 0. The summed E-state index contributed by atoms with van der Waals surface area (Å²) in [6.45, 7) is 0. The van der Waals surface area contributed by atoms with Crippen molar-refractivity contribution in [1.82, 2.24) is 0 Å². The molecule has 1 fully saturated rings. The summed E-state index contributed by atoms with van der Waals surface area (Å²) in [5, 5.41) is -1.08. The molecule has 124 valence electrons. The minimum absolute atomic E-state index is 0.184. The maximum atomic E-state index is 13.0. The minimum Gasteiger partial charge on any atom is -0.382 e. The zero-order valence-electron chi connectivity index (χ0n) is 11.2. The van der Waals surface area contributed by atoms with Gasteiger partial charge in [0.2, 0.25) is 0 Å². The van der Waals surface area contributed by atoms with Crippen molar-refractivity contribution in [2.24, 2.45) is 5.92 Å². The Kier molecular flexibility index (Phi) is 4.65. The topological polar surface area (TPSA) is 43.4 Å². The lowest BCUT2D eigenvalue weighted by Gasteiger charge is -2.29. The highest BCUT2D eigenvalue weighted by Crippen LogP contribution is 2.39. The van der Waals surface area contributed by atoms with E-state index in [1.54, 1.807) is 0 Å². The monoisotopic (exact) mass is 344 g/mol. The Morgan fingerprint density at radius 3 is 2.09 bits per heavy atom. The molecule has 0 radical (unpaired) electrons. The van der Waals surface area contributed by atoms with Gasteiger partial charge in [-0.3, -0.25) is 0 Å². The molecule has 22 heavy (non-hydrogen) atoms. The first kappa shape index (κ1) is 17.0. The number of halogens is 5. The van der Waals surface area contributed by atoms with Crippen LogP contribution in [-0.4, -0.2) is 19.8 Å². The van der Waals surface area contributed by atoms with Gasteiger partial charge in [0.1, 0.15) is 5.75 Å². The smallest absolute Gasteiger partial charge is 0.382 e. The lowest BCUT2D eigenvalue weighted by atomic mass is 9.88. The third kappa shape index (κ3) is 3.88. The number of benzene rings is 1. The van der Waals surface area contributed by atoms with E-state index in [2.05, 4.69) is 4.18 Å². The second-order valence-electron chi connectivity index (χ2n) is 5.17. The Bertz CT molecular complexity index is 634. The standard InChI is InChI=1S/C13H13F5O3S/c14-11-6-3-9(7-12(11)15)21-22(19,20)10-4-1-8(2-5-10)13(16,17)18/h3,6-8,10H,1-2,4-5H2. The Morgan fingerprint density at radius 2 is 1.59 bits per heavy atom. The van der Waals surface area contributed by atoms with Crippen molar-refractivity contribution in [3.63, 3.8) is 0 Å². The predicted octanol–water partition coefficient (Wildman–Crippen LogP) is 3.79. The second-order valence-corrected chi connectivity index (χ2v) is 6.99. The van der Waals surface area contributed by atoms with Crippen molar-refractivity contribution < 1.29 is 34.6 Å². The van der Waals surface area contributed by atoms with Gasteiger partial charge in [-0.1, -0.05) is 0 Å². The summed E-state index contributed by atoms with van der Waals surface area (Å²) in [5.41, 5.74) is 0. The molecule has 0 heterocycles. The summed E-state index contributed by atoms with van der Waals surface area (Å²) in [7, 11) is -4.19. The molecule has 1 saturated carbocycles. The predicted molar refractivity (Wildman–Crippen MR) is 67.7 cm³/mol. The van der Waals surface area contributed by atoms with Crippen LogP contribution in [0.5, 0.6) is 5.75 Å². The van der Waals surface area contributed by atoms with Crippen LogP contribution >= 0.6 is 0 Å². The quantitative estimate of drug-likeness (QED) is 0.619. The molecule has 1 aliphatic carbocycles. The van der Waals surface area contributed by atoms with E-state index in [4.69, 9.17) is 0 Å². The van der Waals surface area contributed by atoms with Crippen LogP contribution < -0.4 is 4.18 Å². The van der Waals surface area contributed by atoms with Gasteiger partial charge in [-0.15, -0.1) is 0 Å². The first-order valence-electron chi connectivity index (χ1n) is 6.54. The average Bonchev–Trinajstić information content (AvgIpc) is 2.42. The molecule has 0 amide bonds. The molecule has 0 unspecified atom stereocenters. The number of alkyl halides is 3. The van der Waals surface area contributed by atoms with Crippen molar-refractivity contribution in [3.8, 4) is 5.75 Å². The first-order valence-corrected chi connectivity index (χ1v) is 8.02. The summed E-state index contributed by atoms with van der Waals surface area (Å²) < 4.78 is 92.0. The van der Waals surface area contributed by atoms with Crippen LogP contribution in [0.1, 0.15) is 25.7 Å². The zero-order valence-corrected chi connectivity index (χ0v) is 12.1. The van der Waals surface area contributed by atoms with Crippen molar-refractivity contribution in [3.05, 3.63) is 29.8 Å². The van der Waals surface area contributed by atoms with Crippen LogP contribution in [0.4, 0.5) is 22.0 Å². The maximum Gasteiger partial charge on any atom is 0.391 e. The van der Waals surface area contributed by atoms with E-state index < -0.39 is 44.8 Å². The highest BCUT2D eigenvalue weighted by Gasteiger charge is 2.44. The van der Waals surface area contributed by atoms with Gasteiger partial charge in [0.05, 0.1) is 11.2 Å². The number of rotatable bonds is 3. The number of hydrogen-bond acceptors (Lipinski definition) is 3. The molecule has 0 aromatic heterocycles. The molecule has 1 aromatic carbocycles. The first-order chi connectivity index (χ1) is 10.1. The molecule has 3 nitrogen and oxygen atoms in total. The van der Waals surface area contributed by atoms with E-state index in [-0.39, 0.29) is 25.7 Å². The van der Waals surface area contributed by atoms with Crippen LogP contribution in [0.3, 0.4) is 0 Å². The Labute approximate surface area is 124 Å². The SMILES string of the molecule is O=S(=O)(Oc1ccc(F)c(F)c1)C1CCC(C(F)(F)F)CC1. The van der Waals surface area contributed by atoms with Gasteiger partial charge in [-0.2, -0.15) is 21.6 Å². The third-order valence-electron chi connectivity index (χ3n) is 3.65. The zero-order chi connectivity index (χ0) is 16.5. The van der Waals surface area contributed by atoms with Crippen LogP contribution in [-0.2, 0) is 10.1 Å². The van der Waals surface area contributed by atoms with E-state index in [0.29, 0.717) is 12.1 Å². The molecule has 1 aliphatic rings. The van der Waals surface area contributed by atoms with Crippen molar-refractivity contribution in [2.75, 3.05) is 0 Å². The van der Waals surface area contributed by atoms with Gasteiger partial charge >= 0.3 is 16.3 Å². The van der Waals surface area contributed by atoms with Gasteiger partial charge in [-0.05, 0) is 37.8 Å². The van der Waals surface area contributed by atoms with Gasteiger partial charge in [0, 0.05) is 6.07 Å². The Balaban J connectivity index is 2.04. The molecule has 9 heteroatoms. The highest BCUT2D eigenvalue weighted by atomic mass is 32.2. The largest absolute Gasteiger partial charge is 0.391 e. The molecular formula is C13H13F5O3S. The van der Waals surface area contributed by atoms with Crippen LogP contribution in [0.15, 0.2) is 18.2 Å². The molecule has 0 N–H and O–H groups in total. The Morgan fingerprint density at radius 1 is 1.00 bits per heavy atom. The van der Waals surface area contributed by atoms with E-state index in [0.717, 1.165) is 6.07 Å². The highest BCUT2D eigenvalue weighted by molar-refractivity contribution is 7.87. The fourth-order valence-electron chi connectivity index (χ4n) is 2.41.